The zero-order valence-electron chi connectivity index (χ0n) is 12.6. The molecule has 2 heterocycles. The van der Waals surface area contributed by atoms with E-state index in [1.54, 1.807) is 0 Å². The summed E-state index contributed by atoms with van der Waals surface area (Å²) in [6, 6.07) is 5.42. The van der Waals surface area contributed by atoms with Crippen molar-refractivity contribution in [3.63, 3.8) is 0 Å². The minimum absolute atomic E-state index is 0.104. The summed E-state index contributed by atoms with van der Waals surface area (Å²) in [5.41, 5.74) is 3.23. The van der Waals surface area contributed by atoms with Crippen LogP contribution in [0.15, 0.2) is 24.4 Å². The number of aromatic amines is 1. The Morgan fingerprint density at radius 1 is 1.36 bits per heavy atom. The Bertz CT molecular complexity index is 720. The number of carbonyl (C=O) groups excluding carboxylic acids is 1. The number of hydrogen-bond donors (Lipinski definition) is 2. The van der Waals surface area contributed by atoms with Crippen molar-refractivity contribution in [1.82, 2.24) is 9.88 Å². The van der Waals surface area contributed by atoms with Gasteiger partial charge in [-0.3, -0.25) is 4.79 Å². The van der Waals surface area contributed by atoms with Crippen LogP contribution in [0.2, 0.25) is 0 Å². The summed E-state index contributed by atoms with van der Waals surface area (Å²) >= 11 is 0. The van der Waals surface area contributed by atoms with E-state index < -0.39 is 12.0 Å². The smallest absolute Gasteiger partial charge is 0.326 e. The maximum absolute atomic E-state index is 12.5. The highest BCUT2D eigenvalue weighted by Crippen LogP contribution is 2.24. The first-order valence-corrected chi connectivity index (χ1v) is 7.72. The first-order valence-electron chi connectivity index (χ1n) is 7.72. The maximum Gasteiger partial charge on any atom is 0.326 e. The van der Waals surface area contributed by atoms with Crippen LogP contribution in [-0.2, 0) is 22.4 Å². The second-order valence-electron chi connectivity index (χ2n) is 5.77. The number of nitrogens with one attached hydrogen (secondary N) is 1. The molecule has 0 saturated carbocycles. The van der Waals surface area contributed by atoms with E-state index in [1.807, 2.05) is 18.3 Å². The predicted molar refractivity (Wildman–Crippen MR) is 83.8 cm³/mol. The molecule has 2 aromatic rings. The molecule has 116 valence electrons. The fourth-order valence-electron chi connectivity index (χ4n) is 3.30. The summed E-state index contributed by atoms with van der Waals surface area (Å²) in [4.78, 5) is 28.4. The van der Waals surface area contributed by atoms with E-state index in [0.717, 1.165) is 29.3 Å². The molecule has 1 aromatic carbocycles. The van der Waals surface area contributed by atoms with Crippen LogP contribution < -0.4 is 0 Å². The summed E-state index contributed by atoms with van der Waals surface area (Å²) < 4.78 is 0. The van der Waals surface area contributed by atoms with Crippen molar-refractivity contribution in [3.05, 3.63) is 35.5 Å². The molecule has 0 aliphatic carbocycles. The van der Waals surface area contributed by atoms with Gasteiger partial charge in [0.2, 0.25) is 5.91 Å². The van der Waals surface area contributed by atoms with Gasteiger partial charge in [0.05, 0.1) is 6.42 Å². The molecule has 0 radical (unpaired) electrons. The van der Waals surface area contributed by atoms with E-state index in [4.69, 9.17) is 0 Å². The number of carboxylic acid groups (broad SMARTS) is 1. The van der Waals surface area contributed by atoms with Crippen LogP contribution in [0.5, 0.6) is 0 Å². The van der Waals surface area contributed by atoms with E-state index in [0.29, 0.717) is 13.0 Å². The van der Waals surface area contributed by atoms with Gasteiger partial charge in [-0.15, -0.1) is 0 Å². The molecule has 1 saturated heterocycles. The number of para-hydroxylation sites is 1. The van der Waals surface area contributed by atoms with Crippen molar-refractivity contribution in [3.8, 4) is 0 Å². The number of benzene rings is 1. The summed E-state index contributed by atoms with van der Waals surface area (Å²) in [5.74, 6) is -1.01. The minimum Gasteiger partial charge on any atom is -0.480 e. The van der Waals surface area contributed by atoms with Gasteiger partial charge in [-0.05, 0) is 30.4 Å². The lowest BCUT2D eigenvalue weighted by atomic mass is 10.0. The van der Waals surface area contributed by atoms with Gasteiger partial charge in [0.15, 0.2) is 0 Å². The Kier molecular flexibility index (Phi) is 3.88. The van der Waals surface area contributed by atoms with Gasteiger partial charge < -0.3 is 15.0 Å². The quantitative estimate of drug-likeness (QED) is 0.910. The van der Waals surface area contributed by atoms with Crippen LogP contribution >= 0.6 is 0 Å². The van der Waals surface area contributed by atoms with Crippen LogP contribution in [0.3, 0.4) is 0 Å². The monoisotopic (exact) mass is 300 g/mol. The van der Waals surface area contributed by atoms with Crippen molar-refractivity contribution < 1.29 is 14.7 Å². The Morgan fingerprint density at radius 2 is 2.18 bits per heavy atom. The molecule has 2 N–H and O–H groups in total. The highest BCUT2D eigenvalue weighted by molar-refractivity contribution is 5.92. The largest absolute Gasteiger partial charge is 0.480 e. The highest BCUT2D eigenvalue weighted by atomic mass is 16.4. The Morgan fingerprint density at radius 3 is 2.91 bits per heavy atom. The van der Waals surface area contributed by atoms with E-state index >= 15 is 0 Å². The molecule has 5 heteroatoms. The average molecular weight is 300 g/mol. The molecular weight excluding hydrogens is 280 g/mol. The van der Waals surface area contributed by atoms with Gasteiger partial charge in [0, 0.05) is 23.6 Å². The number of aliphatic carboxylic acids is 1. The standard InChI is InChI=1S/C17H20N2O3/c1-2-11-5-3-6-13-12(10-18-16(11)13)9-15(20)19-8-4-7-14(19)17(21)22/h3,5-6,10,14,18H,2,4,7-9H2,1H3,(H,21,22). The molecular formula is C17H20N2O3. The van der Waals surface area contributed by atoms with E-state index in [-0.39, 0.29) is 12.3 Å². The summed E-state index contributed by atoms with van der Waals surface area (Å²) in [6.45, 7) is 2.64. The Labute approximate surface area is 128 Å². The summed E-state index contributed by atoms with van der Waals surface area (Å²) in [7, 11) is 0. The average Bonchev–Trinajstić information content (AvgIpc) is 3.14. The fourth-order valence-corrected chi connectivity index (χ4v) is 3.30. The second kappa shape index (κ2) is 5.83. The van der Waals surface area contributed by atoms with Gasteiger partial charge in [0.25, 0.3) is 0 Å². The molecule has 1 aliphatic rings. The van der Waals surface area contributed by atoms with Crippen LogP contribution in [0, 0.1) is 0 Å². The van der Waals surface area contributed by atoms with Crippen LogP contribution in [0.25, 0.3) is 10.9 Å². The van der Waals surface area contributed by atoms with Gasteiger partial charge in [-0.25, -0.2) is 4.79 Å². The lowest BCUT2D eigenvalue weighted by Gasteiger charge is -2.21. The first kappa shape index (κ1) is 14.6. The SMILES string of the molecule is CCc1cccc2c(CC(=O)N3CCCC3C(=O)O)c[nH]c12. The Balaban J connectivity index is 1.84. The number of carboxylic acids is 1. The molecule has 1 fully saturated rings. The number of aromatic nitrogens is 1. The van der Waals surface area contributed by atoms with Crippen molar-refractivity contribution in [2.75, 3.05) is 6.54 Å². The third-order valence-corrected chi connectivity index (χ3v) is 4.47. The first-order chi connectivity index (χ1) is 10.6. The van der Waals surface area contributed by atoms with E-state index in [1.165, 1.54) is 10.5 Å². The van der Waals surface area contributed by atoms with Gasteiger partial charge in [-0.1, -0.05) is 25.1 Å². The lowest BCUT2D eigenvalue weighted by molar-refractivity contribution is -0.147. The number of likely N-dealkylation sites (tertiary alicyclic amines) is 1. The van der Waals surface area contributed by atoms with Crippen LogP contribution in [0.1, 0.15) is 30.9 Å². The Hall–Kier alpha value is -2.30. The van der Waals surface area contributed by atoms with Crippen molar-refractivity contribution >= 4 is 22.8 Å². The van der Waals surface area contributed by atoms with Crippen LogP contribution in [-0.4, -0.2) is 39.5 Å². The zero-order valence-corrected chi connectivity index (χ0v) is 12.6. The summed E-state index contributed by atoms with van der Waals surface area (Å²) in [5, 5.41) is 10.3. The lowest BCUT2D eigenvalue weighted by Crippen LogP contribution is -2.41. The molecule has 1 unspecified atom stereocenters. The maximum atomic E-state index is 12.5. The molecule has 3 rings (SSSR count). The number of carbonyl (C=O) groups is 2. The molecule has 22 heavy (non-hydrogen) atoms. The topological polar surface area (TPSA) is 73.4 Å². The van der Waals surface area contributed by atoms with Gasteiger partial charge >= 0.3 is 5.97 Å². The molecule has 1 amide bonds. The minimum atomic E-state index is -0.905. The van der Waals surface area contributed by atoms with Crippen molar-refractivity contribution in [2.45, 2.75) is 38.6 Å². The predicted octanol–water partition coefficient (Wildman–Crippen LogP) is 2.35. The van der Waals surface area contributed by atoms with E-state index in [2.05, 4.69) is 18.0 Å². The second-order valence-corrected chi connectivity index (χ2v) is 5.77. The molecule has 1 aromatic heterocycles. The third-order valence-electron chi connectivity index (χ3n) is 4.47. The van der Waals surface area contributed by atoms with Gasteiger partial charge in [0.1, 0.15) is 6.04 Å². The summed E-state index contributed by atoms with van der Waals surface area (Å²) in [6.07, 6.45) is 4.36. The molecule has 1 aliphatic heterocycles. The molecule has 0 spiro atoms. The van der Waals surface area contributed by atoms with Crippen molar-refractivity contribution in [2.24, 2.45) is 0 Å². The van der Waals surface area contributed by atoms with Crippen molar-refractivity contribution in [1.29, 1.82) is 0 Å². The van der Waals surface area contributed by atoms with Gasteiger partial charge in [-0.2, -0.15) is 0 Å². The molecule has 5 nitrogen and oxygen atoms in total. The molecule has 1 atom stereocenters. The number of rotatable bonds is 4. The number of H-pyrrole nitrogens is 1. The third kappa shape index (κ3) is 2.47. The number of aryl methyl sites for hydroxylation is 1. The number of hydrogen-bond acceptors (Lipinski definition) is 2. The normalized spacial score (nSPS) is 18.0. The van der Waals surface area contributed by atoms with E-state index in [9.17, 15) is 14.7 Å². The number of amides is 1. The number of nitrogens with zero attached hydrogens (tertiary/aromatic N) is 1. The fraction of sp³-hybridized carbons (Fsp3) is 0.412. The zero-order chi connectivity index (χ0) is 15.7. The number of fused-ring (bicyclic) bond motifs is 1. The highest BCUT2D eigenvalue weighted by Gasteiger charge is 2.33. The van der Waals surface area contributed by atoms with Crippen LogP contribution in [0.4, 0.5) is 0 Å². The molecule has 0 bridgehead atoms.